The van der Waals surface area contributed by atoms with E-state index in [1.54, 1.807) is 0 Å². The molecule has 98 valence electrons. The van der Waals surface area contributed by atoms with Crippen LogP contribution >= 0.6 is 0 Å². The van der Waals surface area contributed by atoms with Gasteiger partial charge in [-0.1, -0.05) is 32.0 Å². The van der Waals surface area contributed by atoms with Gasteiger partial charge < -0.3 is 10.6 Å². The van der Waals surface area contributed by atoms with Crippen LogP contribution in [-0.2, 0) is 4.79 Å². The van der Waals surface area contributed by atoms with Gasteiger partial charge in [0, 0.05) is 24.7 Å². The van der Waals surface area contributed by atoms with Crippen LogP contribution < -0.4 is 10.6 Å². The molecule has 1 unspecified atom stereocenters. The number of para-hydroxylation sites is 1. The number of hydrogen-bond donors (Lipinski definition) is 1. The molecule has 18 heavy (non-hydrogen) atoms. The van der Waals surface area contributed by atoms with Crippen LogP contribution in [0.3, 0.4) is 0 Å². The predicted octanol–water partition coefficient (Wildman–Crippen LogP) is 2.86. The summed E-state index contributed by atoms with van der Waals surface area (Å²) in [5.74, 6) is 0.791. The standard InChI is InChI=1S/C15H22N2O/c1-11(2)7-8-15(18)17-10-9-13(16)12-5-3-4-6-14(12)17/h3-6,11,13H,7-10,16H2,1-2H3. The summed E-state index contributed by atoms with van der Waals surface area (Å²) in [6, 6.07) is 8.06. The lowest BCUT2D eigenvalue weighted by Crippen LogP contribution is -2.38. The van der Waals surface area contributed by atoms with Crippen molar-refractivity contribution in [1.82, 2.24) is 0 Å². The van der Waals surface area contributed by atoms with Crippen molar-refractivity contribution in [3.8, 4) is 0 Å². The van der Waals surface area contributed by atoms with Gasteiger partial charge in [0.25, 0.3) is 0 Å². The molecule has 0 saturated carbocycles. The second kappa shape index (κ2) is 5.53. The highest BCUT2D eigenvalue weighted by molar-refractivity contribution is 5.94. The molecule has 1 aromatic rings. The first kappa shape index (κ1) is 13.1. The number of hydrogen-bond acceptors (Lipinski definition) is 2. The summed E-state index contributed by atoms with van der Waals surface area (Å²) in [5.41, 5.74) is 8.20. The van der Waals surface area contributed by atoms with Crippen LogP contribution in [0.15, 0.2) is 24.3 Å². The van der Waals surface area contributed by atoms with E-state index in [0.717, 1.165) is 30.6 Å². The maximum absolute atomic E-state index is 12.3. The van der Waals surface area contributed by atoms with Gasteiger partial charge in [-0.15, -0.1) is 0 Å². The molecule has 3 heteroatoms. The zero-order chi connectivity index (χ0) is 13.1. The molecule has 2 N–H and O–H groups in total. The topological polar surface area (TPSA) is 46.3 Å². The molecule has 2 rings (SSSR count). The van der Waals surface area contributed by atoms with Crippen LogP contribution in [0.1, 0.15) is 44.7 Å². The first-order valence-corrected chi connectivity index (χ1v) is 6.74. The van der Waals surface area contributed by atoms with Gasteiger partial charge in [0.2, 0.25) is 5.91 Å². The van der Waals surface area contributed by atoms with Crippen molar-refractivity contribution >= 4 is 11.6 Å². The highest BCUT2D eigenvalue weighted by atomic mass is 16.2. The van der Waals surface area contributed by atoms with Crippen LogP contribution in [-0.4, -0.2) is 12.5 Å². The zero-order valence-electron chi connectivity index (χ0n) is 11.2. The minimum atomic E-state index is 0.0651. The average molecular weight is 246 g/mol. The van der Waals surface area contributed by atoms with Crippen LogP contribution in [0.4, 0.5) is 5.69 Å². The third-order valence-corrected chi connectivity index (χ3v) is 3.53. The fourth-order valence-electron chi connectivity index (χ4n) is 2.40. The van der Waals surface area contributed by atoms with Gasteiger partial charge in [-0.25, -0.2) is 0 Å². The summed E-state index contributed by atoms with van der Waals surface area (Å²) in [6.45, 7) is 5.04. The van der Waals surface area contributed by atoms with Gasteiger partial charge in [0.15, 0.2) is 0 Å². The van der Waals surface area contributed by atoms with E-state index < -0.39 is 0 Å². The predicted molar refractivity (Wildman–Crippen MR) is 74.4 cm³/mol. The number of fused-ring (bicyclic) bond motifs is 1. The Labute approximate surface area is 109 Å². The Bertz CT molecular complexity index is 428. The molecule has 0 aromatic heterocycles. The summed E-state index contributed by atoms with van der Waals surface area (Å²) in [6.07, 6.45) is 2.43. The van der Waals surface area contributed by atoms with Crippen molar-refractivity contribution < 1.29 is 4.79 Å². The summed E-state index contributed by atoms with van der Waals surface area (Å²) in [7, 11) is 0. The van der Waals surface area contributed by atoms with Gasteiger partial charge in [-0.2, -0.15) is 0 Å². The van der Waals surface area contributed by atoms with Gasteiger partial charge in [-0.3, -0.25) is 4.79 Å². The summed E-state index contributed by atoms with van der Waals surface area (Å²) in [5, 5.41) is 0. The van der Waals surface area contributed by atoms with E-state index in [4.69, 9.17) is 5.73 Å². The second-order valence-corrected chi connectivity index (χ2v) is 5.43. The number of carbonyl (C=O) groups is 1. The Kier molecular flexibility index (Phi) is 4.02. The number of amides is 1. The molecule has 0 spiro atoms. The van der Waals surface area contributed by atoms with E-state index in [1.165, 1.54) is 0 Å². The third kappa shape index (κ3) is 2.72. The minimum Gasteiger partial charge on any atom is -0.324 e. The molecule has 1 heterocycles. The van der Waals surface area contributed by atoms with Crippen molar-refractivity contribution in [3.05, 3.63) is 29.8 Å². The Hall–Kier alpha value is -1.35. The molecule has 1 aromatic carbocycles. The molecule has 0 aliphatic carbocycles. The normalized spacial score (nSPS) is 18.9. The molecular weight excluding hydrogens is 224 g/mol. The van der Waals surface area contributed by atoms with E-state index in [-0.39, 0.29) is 11.9 Å². The first-order valence-electron chi connectivity index (χ1n) is 6.74. The van der Waals surface area contributed by atoms with Crippen LogP contribution in [0, 0.1) is 5.92 Å². The van der Waals surface area contributed by atoms with Crippen LogP contribution in [0.2, 0.25) is 0 Å². The highest BCUT2D eigenvalue weighted by Crippen LogP contribution is 2.32. The summed E-state index contributed by atoms with van der Waals surface area (Å²) < 4.78 is 0. The number of nitrogens with zero attached hydrogens (tertiary/aromatic N) is 1. The zero-order valence-corrected chi connectivity index (χ0v) is 11.2. The lowest BCUT2D eigenvalue weighted by atomic mass is 9.96. The fraction of sp³-hybridized carbons (Fsp3) is 0.533. The van der Waals surface area contributed by atoms with Crippen LogP contribution in [0.25, 0.3) is 0 Å². The van der Waals surface area contributed by atoms with Gasteiger partial charge in [-0.05, 0) is 30.4 Å². The smallest absolute Gasteiger partial charge is 0.226 e. The maximum atomic E-state index is 12.3. The molecule has 0 fully saturated rings. The van der Waals surface area contributed by atoms with Gasteiger partial charge in [0.05, 0.1) is 0 Å². The lowest BCUT2D eigenvalue weighted by Gasteiger charge is -2.33. The van der Waals surface area contributed by atoms with Crippen LogP contribution in [0.5, 0.6) is 0 Å². The number of benzene rings is 1. The van der Waals surface area contributed by atoms with Crippen molar-refractivity contribution in [3.63, 3.8) is 0 Å². The van der Waals surface area contributed by atoms with Crippen molar-refractivity contribution in [2.75, 3.05) is 11.4 Å². The summed E-state index contributed by atoms with van der Waals surface area (Å²) >= 11 is 0. The first-order chi connectivity index (χ1) is 8.59. The molecule has 1 amide bonds. The fourth-order valence-corrected chi connectivity index (χ4v) is 2.40. The molecule has 1 aliphatic rings. The molecule has 1 aliphatic heterocycles. The van der Waals surface area contributed by atoms with E-state index in [9.17, 15) is 4.79 Å². The average Bonchev–Trinajstić information content (AvgIpc) is 2.37. The van der Waals surface area contributed by atoms with E-state index in [1.807, 2.05) is 29.2 Å². The second-order valence-electron chi connectivity index (χ2n) is 5.43. The largest absolute Gasteiger partial charge is 0.324 e. The van der Waals surface area contributed by atoms with Crippen molar-refractivity contribution in [2.24, 2.45) is 11.7 Å². The SMILES string of the molecule is CC(C)CCC(=O)N1CCC(N)c2ccccc21. The van der Waals surface area contributed by atoms with Crippen molar-refractivity contribution in [1.29, 1.82) is 0 Å². The Morgan fingerprint density at radius 1 is 1.44 bits per heavy atom. The Morgan fingerprint density at radius 2 is 2.17 bits per heavy atom. The molecule has 0 radical (unpaired) electrons. The lowest BCUT2D eigenvalue weighted by molar-refractivity contribution is -0.119. The van der Waals surface area contributed by atoms with E-state index in [0.29, 0.717) is 12.3 Å². The molecular formula is C15H22N2O. The Morgan fingerprint density at radius 3 is 2.89 bits per heavy atom. The molecule has 0 saturated heterocycles. The highest BCUT2D eigenvalue weighted by Gasteiger charge is 2.25. The maximum Gasteiger partial charge on any atom is 0.226 e. The number of carbonyl (C=O) groups excluding carboxylic acids is 1. The number of anilines is 1. The minimum absolute atomic E-state index is 0.0651. The quantitative estimate of drug-likeness (QED) is 0.891. The van der Waals surface area contributed by atoms with E-state index >= 15 is 0 Å². The monoisotopic (exact) mass is 246 g/mol. The molecule has 0 bridgehead atoms. The summed E-state index contributed by atoms with van der Waals surface area (Å²) in [4.78, 5) is 14.2. The Balaban J connectivity index is 2.15. The number of nitrogens with two attached hydrogens (primary N) is 1. The number of rotatable bonds is 3. The van der Waals surface area contributed by atoms with E-state index in [2.05, 4.69) is 13.8 Å². The van der Waals surface area contributed by atoms with Gasteiger partial charge in [0.1, 0.15) is 0 Å². The van der Waals surface area contributed by atoms with Crippen molar-refractivity contribution in [2.45, 2.75) is 39.2 Å². The molecule has 3 nitrogen and oxygen atoms in total. The third-order valence-electron chi connectivity index (χ3n) is 3.53. The van der Waals surface area contributed by atoms with Gasteiger partial charge >= 0.3 is 0 Å². The molecule has 1 atom stereocenters.